The van der Waals surface area contributed by atoms with Crippen molar-refractivity contribution in [2.45, 2.75) is 31.8 Å². The maximum Gasteiger partial charge on any atom is 0.0841 e. The Morgan fingerprint density at radius 1 is 1.75 bits per heavy atom. The van der Waals surface area contributed by atoms with Crippen molar-refractivity contribution in [1.29, 1.82) is 5.26 Å². The highest BCUT2D eigenvalue weighted by Gasteiger charge is 2.37. The third-order valence-corrected chi connectivity index (χ3v) is 2.80. The second-order valence-electron chi connectivity index (χ2n) is 3.66. The van der Waals surface area contributed by atoms with E-state index in [0.29, 0.717) is 19.0 Å². The van der Waals surface area contributed by atoms with Gasteiger partial charge in [-0.05, 0) is 18.8 Å². The molecule has 0 amide bonds. The van der Waals surface area contributed by atoms with Crippen molar-refractivity contribution < 1.29 is 5.11 Å². The second-order valence-corrected chi connectivity index (χ2v) is 3.66. The van der Waals surface area contributed by atoms with E-state index >= 15 is 0 Å². The molecule has 2 atom stereocenters. The molecule has 0 bridgehead atoms. The average molecular weight is 168 g/mol. The van der Waals surface area contributed by atoms with Crippen LogP contribution in [0.15, 0.2) is 0 Å². The molecule has 2 N–H and O–H groups in total. The number of hydrogen-bond acceptors (Lipinski definition) is 3. The van der Waals surface area contributed by atoms with Gasteiger partial charge in [-0.2, -0.15) is 5.26 Å². The molecule has 0 aromatic carbocycles. The molecular weight excluding hydrogens is 152 g/mol. The van der Waals surface area contributed by atoms with E-state index in [9.17, 15) is 5.11 Å². The Morgan fingerprint density at radius 2 is 2.50 bits per heavy atom. The Balaban J connectivity index is 2.33. The van der Waals surface area contributed by atoms with Crippen molar-refractivity contribution in [2.24, 2.45) is 5.92 Å². The summed E-state index contributed by atoms with van der Waals surface area (Å²) in [5, 5.41) is 21.2. The monoisotopic (exact) mass is 168 g/mol. The largest absolute Gasteiger partial charge is 0.388 e. The molecule has 0 radical (unpaired) electrons. The topological polar surface area (TPSA) is 56.0 Å². The minimum Gasteiger partial charge on any atom is -0.388 e. The smallest absolute Gasteiger partial charge is 0.0841 e. The summed E-state index contributed by atoms with van der Waals surface area (Å²) < 4.78 is 0. The van der Waals surface area contributed by atoms with E-state index in [2.05, 4.69) is 12.2 Å². The zero-order chi connectivity index (χ0) is 9.03. The van der Waals surface area contributed by atoms with Gasteiger partial charge in [-0.15, -0.1) is 0 Å². The van der Waals surface area contributed by atoms with Gasteiger partial charge in [0.05, 0.1) is 18.2 Å². The van der Waals surface area contributed by atoms with Gasteiger partial charge in [-0.1, -0.05) is 13.3 Å². The second kappa shape index (κ2) is 3.88. The maximum atomic E-state index is 10.0. The Morgan fingerprint density at radius 3 is 3.00 bits per heavy atom. The van der Waals surface area contributed by atoms with Gasteiger partial charge in [-0.3, -0.25) is 0 Å². The van der Waals surface area contributed by atoms with Gasteiger partial charge in [0.2, 0.25) is 0 Å². The minimum absolute atomic E-state index is 0.328. The molecule has 0 aromatic rings. The Labute approximate surface area is 73.4 Å². The molecule has 68 valence electrons. The van der Waals surface area contributed by atoms with Crippen LogP contribution in [-0.4, -0.2) is 23.8 Å². The summed E-state index contributed by atoms with van der Waals surface area (Å²) in [6.07, 6.45) is 3.07. The number of hydrogen-bond donors (Lipinski definition) is 2. The fraction of sp³-hybridized carbons (Fsp3) is 0.889. The van der Waals surface area contributed by atoms with E-state index in [4.69, 9.17) is 5.26 Å². The van der Waals surface area contributed by atoms with Crippen molar-refractivity contribution in [3.8, 4) is 6.07 Å². The first kappa shape index (κ1) is 9.50. The number of nitriles is 1. The van der Waals surface area contributed by atoms with Crippen molar-refractivity contribution >= 4 is 0 Å². The van der Waals surface area contributed by atoms with Crippen LogP contribution in [-0.2, 0) is 0 Å². The average Bonchev–Trinajstić information content (AvgIpc) is 2.34. The molecule has 3 nitrogen and oxygen atoms in total. The predicted molar refractivity (Wildman–Crippen MR) is 46.4 cm³/mol. The van der Waals surface area contributed by atoms with Gasteiger partial charge >= 0.3 is 0 Å². The molecule has 1 rings (SSSR count). The number of nitrogens with one attached hydrogen (secondary N) is 1. The lowest BCUT2D eigenvalue weighted by molar-refractivity contribution is 0.0109. The Bertz CT molecular complexity index is 187. The van der Waals surface area contributed by atoms with Crippen LogP contribution in [0.1, 0.15) is 26.2 Å². The zero-order valence-corrected chi connectivity index (χ0v) is 7.51. The molecule has 12 heavy (non-hydrogen) atoms. The highest BCUT2D eigenvalue weighted by Crippen LogP contribution is 2.34. The van der Waals surface area contributed by atoms with E-state index in [1.165, 1.54) is 0 Å². The van der Waals surface area contributed by atoms with Crippen LogP contribution in [0, 0.1) is 17.2 Å². The van der Waals surface area contributed by atoms with E-state index in [0.717, 1.165) is 19.3 Å². The molecular formula is C9H16N2O. The molecule has 0 heterocycles. The van der Waals surface area contributed by atoms with Gasteiger partial charge in [-0.25, -0.2) is 0 Å². The van der Waals surface area contributed by atoms with Gasteiger partial charge in [0, 0.05) is 6.54 Å². The SMILES string of the molecule is CC1CCCC1(O)CNCC#N. The summed E-state index contributed by atoms with van der Waals surface area (Å²) in [5.74, 6) is 0.365. The lowest BCUT2D eigenvalue weighted by atomic mass is 9.92. The molecule has 1 fully saturated rings. The fourth-order valence-corrected chi connectivity index (χ4v) is 1.83. The van der Waals surface area contributed by atoms with E-state index in [1.807, 2.05) is 6.07 Å². The quantitative estimate of drug-likeness (QED) is 0.480. The molecule has 3 heteroatoms. The number of nitrogens with zero attached hydrogens (tertiary/aromatic N) is 1. The Kier molecular flexibility index (Phi) is 3.07. The predicted octanol–water partition coefficient (Wildman–Crippen LogP) is 0.651. The zero-order valence-electron chi connectivity index (χ0n) is 7.51. The van der Waals surface area contributed by atoms with E-state index < -0.39 is 5.60 Å². The first-order valence-corrected chi connectivity index (χ1v) is 4.49. The van der Waals surface area contributed by atoms with Gasteiger partial charge in [0.25, 0.3) is 0 Å². The van der Waals surface area contributed by atoms with Crippen LogP contribution in [0.2, 0.25) is 0 Å². The van der Waals surface area contributed by atoms with Crippen molar-refractivity contribution in [3.05, 3.63) is 0 Å². The highest BCUT2D eigenvalue weighted by molar-refractivity contribution is 4.92. The maximum absolute atomic E-state index is 10.0. The van der Waals surface area contributed by atoms with Gasteiger partial charge in [0.1, 0.15) is 0 Å². The summed E-state index contributed by atoms with van der Waals surface area (Å²) in [4.78, 5) is 0. The first-order valence-electron chi connectivity index (χ1n) is 4.49. The van der Waals surface area contributed by atoms with Crippen LogP contribution >= 0.6 is 0 Å². The van der Waals surface area contributed by atoms with Crippen LogP contribution in [0.4, 0.5) is 0 Å². The van der Waals surface area contributed by atoms with Crippen LogP contribution < -0.4 is 5.32 Å². The lowest BCUT2D eigenvalue weighted by Crippen LogP contribution is -2.42. The molecule has 0 aliphatic heterocycles. The van der Waals surface area contributed by atoms with Crippen LogP contribution in [0.3, 0.4) is 0 Å². The van der Waals surface area contributed by atoms with Gasteiger partial charge < -0.3 is 10.4 Å². The van der Waals surface area contributed by atoms with E-state index in [-0.39, 0.29) is 0 Å². The molecule has 1 saturated carbocycles. The minimum atomic E-state index is -0.559. The molecule has 1 aliphatic carbocycles. The Hall–Kier alpha value is -0.590. The third kappa shape index (κ3) is 1.96. The molecule has 2 unspecified atom stereocenters. The summed E-state index contributed by atoms with van der Waals surface area (Å²) in [6, 6.07) is 2.00. The molecule has 1 aliphatic rings. The third-order valence-electron chi connectivity index (χ3n) is 2.80. The van der Waals surface area contributed by atoms with E-state index in [1.54, 1.807) is 0 Å². The number of aliphatic hydroxyl groups is 1. The van der Waals surface area contributed by atoms with Crippen LogP contribution in [0.5, 0.6) is 0 Å². The summed E-state index contributed by atoms with van der Waals surface area (Å²) in [5.41, 5.74) is -0.559. The van der Waals surface area contributed by atoms with Crippen molar-refractivity contribution in [1.82, 2.24) is 5.32 Å². The molecule has 0 aromatic heterocycles. The summed E-state index contributed by atoms with van der Waals surface area (Å²) in [6.45, 7) is 2.96. The first-order chi connectivity index (χ1) is 5.69. The van der Waals surface area contributed by atoms with Crippen molar-refractivity contribution in [3.63, 3.8) is 0 Å². The molecule has 0 spiro atoms. The lowest BCUT2D eigenvalue weighted by Gasteiger charge is -2.27. The van der Waals surface area contributed by atoms with Crippen LogP contribution in [0.25, 0.3) is 0 Å². The summed E-state index contributed by atoms with van der Waals surface area (Å²) >= 11 is 0. The van der Waals surface area contributed by atoms with Crippen molar-refractivity contribution in [2.75, 3.05) is 13.1 Å². The normalized spacial score (nSPS) is 34.9. The van der Waals surface area contributed by atoms with Gasteiger partial charge in [0.15, 0.2) is 0 Å². The molecule has 0 saturated heterocycles. The highest BCUT2D eigenvalue weighted by atomic mass is 16.3. The fourth-order valence-electron chi connectivity index (χ4n) is 1.83. The standard InChI is InChI=1S/C9H16N2O/c1-8-3-2-4-9(8,12)7-11-6-5-10/h8,11-12H,2-4,6-7H2,1H3. The number of rotatable bonds is 3. The summed E-state index contributed by atoms with van der Waals surface area (Å²) in [7, 11) is 0.